The topological polar surface area (TPSA) is 71.1 Å². The maximum atomic E-state index is 12.0. The van der Waals surface area contributed by atoms with Crippen LogP contribution in [0.3, 0.4) is 0 Å². The number of nitrogens with zero attached hydrogens (tertiary/aromatic N) is 1. The van der Waals surface area contributed by atoms with E-state index in [-0.39, 0.29) is 18.2 Å². The summed E-state index contributed by atoms with van der Waals surface area (Å²) >= 11 is 3.00. The van der Waals surface area contributed by atoms with Gasteiger partial charge in [0, 0.05) is 18.3 Å². The molecule has 25 heavy (non-hydrogen) atoms. The molecule has 128 valence electrons. The molecule has 5 nitrogen and oxygen atoms in total. The molecule has 7 heteroatoms. The number of amides is 2. The van der Waals surface area contributed by atoms with Gasteiger partial charge in [0.15, 0.2) is 5.13 Å². The van der Waals surface area contributed by atoms with Crippen molar-refractivity contribution in [3.05, 3.63) is 58.8 Å². The van der Waals surface area contributed by atoms with Gasteiger partial charge in [-0.3, -0.25) is 9.59 Å². The Morgan fingerprint density at radius 2 is 1.84 bits per heavy atom. The third-order valence-electron chi connectivity index (χ3n) is 3.41. The second-order valence-electron chi connectivity index (χ2n) is 5.33. The van der Waals surface area contributed by atoms with Gasteiger partial charge in [-0.05, 0) is 17.0 Å². The summed E-state index contributed by atoms with van der Waals surface area (Å²) in [5, 5.41) is 10.0. The van der Waals surface area contributed by atoms with E-state index in [2.05, 4.69) is 15.6 Å². The van der Waals surface area contributed by atoms with Crippen molar-refractivity contribution in [2.75, 3.05) is 11.9 Å². The first-order valence-electron chi connectivity index (χ1n) is 7.80. The average molecular weight is 371 g/mol. The quantitative estimate of drug-likeness (QED) is 0.667. The van der Waals surface area contributed by atoms with Crippen molar-refractivity contribution >= 4 is 39.6 Å². The van der Waals surface area contributed by atoms with Crippen molar-refractivity contribution < 1.29 is 9.59 Å². The van der Waals surface area contributed by atoms with Gasteiger partial charge in [-0.1, -0.05) is 36.4 Å². The van der Waals surface area contributed by atoms with Gasteiger partial charge in [-0.15, -0.1) is 22.7 Å². The van der Waals surface area contributed by atoms with Crippen molar-refractivity contribution in [2.24, 2.45) is 0 Å². The number of thiazole rings is 1. The van der Waals surface area contributed by atoms with Crippen LogP contribution in [0.5, 0.6) is 0 Å². The molecular formula is C18H17N3O2S2. The lowest BCUT2D eigenvalue weighted by Crippen LogP contribution is -2.28. The summed E-state index contributed by atoms with van der Waals surface area (Å²) in [4.78, 5) is 29.3. The molecule has 2 aromatic heterocycles. The number of carbonyl (C=O) groups is 2. The summed E-state index contributed by atoms with van der Waals surface area (Å²) < 4.78 is 0. The van der Waals surface area contributed by atoms with Crippen LogP contribution in [0, 0.1) is 0 Å². The normalized spacial score (nSPS) is 10.4. The number of nitrogens with one attached hydrogen (secondary N) is 2. The van der Waals surface area contributed by atoms with Gasteiger partial charge >= 0.3 is 0 Å². The van der Waals surface area contributed by atoms with E-state index >= 15 is 0 Å². The highest BCUT2D eigenvalue weighted by Crippen LogP contribution is 2.28. The zero-order chi connectivity index (χ0) is 17.5. The van der Waals surface area contributed by atoms with Crippen LogP contribution in [0.25, 0.3) is 10.6 Å². The maximum Gasteiger partial charge on any atom is 0.227 e. The Bertz CT molecular complexity index is 829. The molecule has 2 amide bonds. The number of aromatic nitrogens is 1. The molecule has 0 aliphatic rings. The first kappa shape index (κ1) is 17.3. The van der Waals surface area contributed by atoms with Gasteiger partial charge in [0.2, 0.25) is 11.8 Å². The molecule has 0 radical (unpaired) electrons. The molecule has 0 aliphatic heterocycles. The van der Waals surface area contributed by atoms with E-state index in [4.69, 9.17) is 0 Å². The summed E-state index contributed by atoms with van der Waals surface area (Å²) in [6, 6.07) is 13.5. The SMILES string of the molecule is O=C(Cc1ccccc1)NCCC(=O)Nc1nc(-c2cccs2)cs1. The highest BCUT2D eigenvalue weighted by molar-refractivity contribution is 7.16. The van der Waals surface area contributed by atoms with Crippen LogP contribution in [-0.4, -0.2) is 23.3 Å². The Morgan fingerprint density at radius 3 is 2.60 bits per heavy atom. The van der Waals surface area contributed by atoms with Crippen LogP contribution >= 0.6 is 22.7 Å². The first-order chi connectivity index (χ1) is 12.2. The van der Waals surface area contributed by atoms with E-state index in [0.717, 1.165) is 16.1 Å². The van der Waals surface area contributed by atoms with Crippen molar-refractivity contribution in [3.8, 4) is 10.6 Å². The highest BCUT2D eigenvalue weighted by atomic mass is 32.1. The lowest BCUT2D eigenvalue weighted by Gasteiger charge is -2.05. The molecule has 3 aromatic rings. The Morgan fingerprint density at radius 1 is 1.00 bits per heavy atom. The van der Waals surface area contributed by atoms with Crippen LogP contribution in [0.1, 0.15) is 12.0 Å². The molecule has 0 aliphatic carbocycles. The lowest BCUT2D eigenvalue weighted by molar-refractivity contribution is -0.120. The lowest BCUT2D eigenvalue weighted by atomic mass is 10.1. The monoisotopic (exact) mass is 371 g/mol. The Balaban J connectivity index is 1.40. The number of anilines is 1. The standard InChI is InChI=1S/C18H17N3O2S2/c22-16(8-9-19-17(23)11-13-5-2-1-3-6-13)21-18-20-14(12-25-18)15-7-4-10-24-15/h1-7,10,12H,8-9,11H2,(H,19,23)(H,20,21,22). The van der Waals surface area contributed by atoms with Crippen molar-refractivity contribution in [1.82, 2.24) is 10.3 Å². The van der Waals surface area contributed by atoms with Crippen molar-refractivity contribution in [3.63, 3.8) is 0 Å². The molecule has 3 rings (SSSR count). The number of hydrogen-bond acceptors (Lipinski definition) is 5. The van der Waals surface area contributed by atoms with Gasteiger partial charge in [0.25, 0.3) is 0 Å². The average Bonchev–Trinajstić information content (AvgIpc) is 3.27. The van der Waals surface area contributed by atoms with Crippen LogP contribution in [0.15, 0.2) is 53.2 Å². The minimum atomic E-state index is -0.160. The predicted octanol–water partition coefficient (Wildman–Crippen LogP) is 3.56. The summed E-state index contributed by atoms with van der Waals surface area (Å²) in [6.45, 7) is 0.306. The number of benzene rings is 1. The largest absolute Gasteiger partial charge is 0.355 e. The van der Waals surface area contributed by atoms with Crippen LogP contribution in [0.4, 0.5) is 5.13 Å². The molecule has 0 unspecified atom stereocenters. The van der Waals surface area contributed by atoms with Crippen LogP contribution in [-0.2, 0) is 16.0 Å². The zero-order valence-corrected chi connectivity index (χ0v) is 15.0. The fourth-order valence-corrected chi connectivity index (χ4v) is 3.70. The van der Waals surface area contributed by atoms with Crippen molar-refractivity contribution in [1.29, 1.82) is 0 Å². The molecule has 0 spiro atoms. The van der Waals surface area contributed by atoms with Crippen LogP contribution < -0.4 is 10.6 Å². The fourth-order valence-electron chi connectivity index (χ4n) is 2.21. The maximum absolute atomic E-state index is 12.0. The molecule has 0 saturated carbocycles. The van der Waals surface area contributed by atoms with Gasteiger partial charge < -0.3 is 10.6 Å². The summed E-state index contributed by atoms with van der Waals surface area (Å²) in [6.07, 6.45) is 0.535. The zero-order valence-electron chi connectivity index (χ0n) is 13.4. The third kappa shape index (κ3) is 5.23. The van der Waals surface area contributed by atoms with E-state index < -0.39 is 0 Å². The number of carbonyl (C=O) groups excluding carboxylic acids is 2. The Labute approximate surface area is 153 Å². The third-order valence-corrected chi connectivity index (χ3v) is 5.06. The van der Waals surface area contributed by atoms with Crippen LogP contribution in [0.2, 0.25) is 0 Å². The summed E-state index contributed by atoms with van der Waals surface area (Å²) in [5.41, 5.74) is 1.82. The van der Waals surface area contributed by atoms with Gasteiger partial charge in [0.1, 0.15) is 0 Å². The summed E-state index contributed by atoms with van der Waals surface area (Å²) in [7, 11) is 0. The minimum Gasteiger partial charge on any atom is -0.355 e. The van der Waals surface area contributed by atoms with Crippen molar-refractivity contribution in [2.45, 2.75) is 12.8 Å². The second-order valence-corrected chi connectivity index (χ2v) is 7.13. The van der Waals surface area contributed by atoms with Gasteiger partial charge in [0.05, 0.1) is 17.0 Å². The van der Waals surface area contributed by atoms with E-state index in [0.29, 0.717) is 18.1 Å². The predicted molar refractivity (Wildman–Crippen MR) is 102 cm³/mol. The first-order valence-corrected chi connectivity index (χ1v) is 9.56. The molecule has 0 bridgehead atoms. The molecule has 1 aromatic carbocycles. The smallest absolute Gasteiger partial charge is 0.227 e. The molecular weight excluding hydrogens is 354 g/mol. The molecule has 0 fully saturated rings. The second kappa shape index (κ2) is 8.55. The Kier molecular flexibility index (Phi) is 5.92. The summed E-state index contributed by atoms with van der Waals surface area (Å²) in [5.74, 6) is -0.250. The Hall–Kier alpha value is -2.51. The molecule has 0 saturated heterocycles. The number of rotatable bonds is 7. The minimum absolute atomic E-state index is 0.0896. The van der Waals surface area contributed by atoms with E-state index in [1.807, 2.05) is 53.2 Å². The van der Waals surface area contributed by atoms with E-state index in [9.17, 15) is 9.59 Å². The molecule has 0 atom stereocenters. The fraction of sp³-hybridized carbons (Fsp3) is 0.167. The number of hydrogen-bond donors (Lipinski definition) is 2. The highest BCUT2D eigenvalue weighted by Gasteiger charge is 2.09. The van der Waals surface area contributed by atoms with E-state index in [1.54, 1.807) is 11.3 Å². The molecule has 2 N–H and O–H groups in total. The van der Waals surface area contributed by atoms with E-state index in [1.165, 1.54) is 11.3 Å². The molecule has 2 heterocycles. The number of thiophene rings is 1. The van der Waals surface area contributed by atoms with Gasteiger partial charge in [-0.25, -0.2) is 4.98 Å². The van der Waals surface area contributed by atoms with Gasteiger partial charge in [-0.2, -0.15) is 0 Å².